The van der Waals surface area contributed by atoms with Gasteiger partial charge in [-0.1, -0.05) is 0 Å². The normalized spacial score (nSPS) is 17.1. The van der Waals surface area contributed by atoms with E-state index in [0.717, 1.165) is 35.6 Å². The molecule has 3 heterocycles. The Kier molecular flexibility index (Phi) is 2.80. The molecule has 0 aromatic carbocycles. The van der Waals surface area contributed by atoms with Gasteiger partial charge in [-0.05, 0) is 45.1 Å². The molecule has 3 aromatic rings. The highest BCUT2D eigenvalue weighted by molar-refractivity contribution is 7.17. The average Bonchev–Trinajstić information content (AvgIpc) is 3.01. The minimum Gasteiger partial charge on any atom is -0.269 e. The predicted molar refractivity (Wildman–Crippen MR) is 89.4 cm³/mol. The average molecular weight is 326 g/mol. The molecule has 0 N–H and O–H groups in total. The van der Waals surface area contributed by atoms with Crippen molar-refractivity contribution in [3.63, 3.8) is 0 Å². The van der Waals surface area contributed by atoms with Gasteiger partial charge in [0, 0.05) is 28.2 Å². The van der Waals surface area contributed by atoms with Crippen molar-refractivity contribution in [2.45, 2.75) is 51.5 Å². The van der Waals surface area contributed by atoms with Gasteiger partial charge in [-0.2, -0.15) is 5.10 Å². The molecule has 23 heavy (non-hydrogen) atoms. The van der Waals surface area contributed by atoms with Crippen molar-refractivity contribution < 1.29 is 0 Å². The van der Waals surface area contributed by atoms with Gasteiger partial charge in [0.15, 0.2) is 4.96 Å². The van der Waals surface area contributed by atoms with Crippen LogP contribution in [0.2, 0.25) is 0 Å². The molecule has 0 amide bonds. The van der Waals surface area contributed by atoms with E-state index < -0.39 is 0 Å². The molecule has 0 bridgehead atoms. The summed E-state index contributed by atoms with van der Waals surface area (Å²) in [5.74, 6) is 0.649. The second-order valence-electron chi connectivity index (χ2n) is 6.67. The van der Waals surface area contributed by atoms with Crippen LogP contribution in [0.5, 0.6) is 0 Å². The van der Waals surface area contributed by atoms with Gasteiger partial charge in [0.2, 0.25) is 0 Å². The van der Waals surface area contributed by atoms with E-state index in [1.165, 1.54) is 29.1 Å². The van der Waals surface area contributed by atoms with Crippen molar-refractivity contribution >= 4 is 16.3 Å². The highest BCUT2D eigenvalue weighted by Crippen LogP contribution is 2.39. The molecule has 118 valence electrons. The van der Waals surface area contributed by atoms with Crippen LogP contribution < -0.4 is 5.56 Å². The van der Waals surface area contributed by atoms with E-state index >= 15 is 0 Å². The van der Waals surface area contributed by atoms with Gasteiger partial charge in [0.25, 0.3) is 5.56 Å². The lowest BCUT2D eigenvalue weighted by Crippen LogP contribution is -2.17. The van der Waals surface area contributed by atoms with E-state index in [0.29, 0.717) is 12.5 Å². The summed E-state index contributed by atoms with van der Waals surface area (Å²) in [6.45, 7) is 2.65. The number of nitrogens with zero attached hydrogens (tertiary/aromatic N) is 4. The fraction of sp³-hybridized carbons (Fsp3) is 0.471. The standard InChI is InChI=1S/C17H18N4OS/c1-10-7-13(11-5-6-11)19-20(10)9-12-8-16(22)21-14-3-2-4-15(14)23-17(21)18-12/h7-8,11H,2-6,9H2,1H3. The van der Waals surface area contributed by atoms with Crippen molar-refractivity contribution in [2.75, 3.05) is 0 Å². The number of thiazole rings is 1. The van der Waals surface area contributed by atoms with Crippen LogP contribution in [-0.4, -0.2) is 19.2 Å². The molecular weight excluding hydrogens is 308 g/mol. The van der Waals surface area contributed by atoms with Crippen molar-refractivity contribution in [1.82, 2.24) is 19.2 Å². The third kappa shape index (κ3) is 2.16. The molecule has 0 aliphatic heterocycles. The van der Waals surface area contributed by atoms with Gasteiger partial charge < -0.3 is 0 Å². The monoisotopic (exact) mass is 326 g/mol. The molecule has 2 aliphatic carbocycles. The van der Waals surface area contributed by atoms with Crippen LogP contribution in [0.25, 0.3) is 4.96 Å². The number of aryl methyl sites for hydroxylation is 3. The summed E-state index contributed by atoms with van der Waals surface area (Å²) in [4.78, 5) is 19.4. The van der Waals surface area contributed by atoms with Gasteiger partial charge >= 0.3 is 0 Å². The summed E-state index contributed by atoms with van der Waals surface area (Å²) in [5, 5.41) is 4.70. The van der Waals surface area contributed by atoms with Crippen LogP contribution in [0.15, 0.2) is 16.9 Å². The summed E-state index contributed by atoms with van der Waals surface area (Å²) in [7, 11) is 0. The number of hydrogen-bond acceptors (Lipinski definition) is 4. The fourth-order valence-corrected chi connectivity index (χ4v) is 4.72. The fourth-order valence-electron chi connectivity index (χ4n) is 3.49. The van der Waals surface area contributed by atoms with E-state index in [4.69, 9.17) is 10.1 Å². The number of hydrogen-bond donors (Lipinski definition) is 0. The zero-order chi connectivity index (χ0) is 15.6. The summed E-state index contributed by atoms with van der Waals surface area (Å²) < 4.78 is 3.79. The second kappa shape index (κ2) is 4.77. The minimum absolute atomic E-state index is 0.0524. The summed E-state index contributed by atoms with van der Waals surface area (Å²) in [6.07, 6.45) is 5.74. The van der Waals surface area contributed by atoms with E-state index in [-0.39, 0.29) is 5.56 Å². The molecule has 1 saturated carbocycles. The molecule has 5 rings (SSSR count). The Hall–Kier alpha value is -1.95. The van der Waals surface area contributed by atoms with Gasteiger partial charge in [-0.15, -0.1) is 11.3 Å². The Morgan fingerprint density at radius 3 is 3.00 bits per heavy atom. The Morgan fingerprint density at radius 2 is 2.17 bits per heavy atom. The van der Waals surface area contributed by atoms with Gasteiger partial charge in [-0.3, -0.25) is 13.9 Å². The third-order valence-corrected chi connectivity index (χ3v) is 6.01. The Balaban J connectivity index is 1.54. The Labute approximate surface area is 137 Å². The zero-order valence-corrected chi connectivity index (χ0v) is 13.9. The first-order valence-electron chi connectivity index (χ1n) is 8.26. The maximum absolute atomic E-state index is 12.5. The maximum Gasteiger partial charge on any atom is 0.259 e. The first kappa shape index (κ1) is 13.5. The largest absolute Gasteiger partial charge is 0.269 e. The van der Waals surface area contributed by atoms with E-state index in [2.05, 4.69) is 13.0 Å². The Bertz CT molecular complexity index is 977. The van der Waals surface area contributed by atoms with Crippen LogP contribution in [0.4, 0.5) is 0 Å². The van der Waals surface area contributed by atoms with Crippen LogP contribution >= 0.6 is 11.3 Å². The summed E-state index contributed by atoms with van der Waals surface area (Å²) >= 11 is 1.67. The molecule has 0 saturated heterocycles. The van der Waals surface area contributed by atoms with E-state index in [1.54, 1.807) is 17.4 Å². The third-order valence-electron chi connectivity index (χ3n) is 4.87. The van der Waals surface area contributed by atoms with E-state index in [9.17, 15) is 4.79 Å². The molecule has 6 heteroatoms. The lowest BCUT2D eigenvalue weighted by Gasteiger charge is -2.05. The molecule has 0 atom stereocenters. The topological polar surface area (TPSA) is 52.2 Å². The van der Waals surface area contributed by atoms with Crippen molar-refractivity contribution in [3.8, 4) is 0 Å². The first-order valence-corrected chi connectivity index (χ1v) is 9.08. The number of fused-ring (bicyclic) bond motifs is 3. The lowest BCUT2D eigenvalue weighted by atomic mass is 10.3. The van der Waals surface area contributed by atoms with Crippen LogP contribution in [0, 0.1) is 6.92 Å². The molecule has 3 aromatic heterocycles. The lowest BCUT2D eigenvalue weighted by molar-refractivity contribution is 0.640. The molecule has 5 nitrogen and oxygen atoms in total. The Morgan fingerprint density at radius 1 is 1.30 bits per heavy atom. The smallest absolute Gasteiger partial charge is 0.259 e. The van der Waals surface area contributed by atoms with Crippen LogP contribution in [-0.2, 0) is 19.4 Å². The minimum atomic E-state index is 0.0524. The SMILES string of the molecule is Cc1cc(C2CC2)nn1Cc1cc(=O)n2c3c(sc2n1)CCC3. The summed E-state index contributed by atoms with van der Waals surface area (Å²) in [5.41, 5.74) is 4.37. The maximum atomic E-state index is 12.5. The molecule has 2 aliphatic rings. The van der Waals surface area contributed by atoms with Crippen molar-refractivity contribution in [2.24, 2.45) is 0 Å². The molecule has 0 spiro atoms. The van der Waals surface area contributed by atoms with E-state index in [1.807, 2.05) is 9.08 Å². The van der Waals surface area contributed by atoms with Crippen LogP contribution in [0.1, 0.15) is 52.8 Å². The van der Waals surface area contributed by atoms with Gasteiger partial charge in [-0.25, -0.2) is 4.98 Å². The second-order valence-corrected chi connectivity index (χ2v) is 7.73. The zero-order valence-electron chi connectivity index (χ0n) is 13.1. The van der Waals surface area contributed by atoms with Gasteiger partial charge in [0.05, 0.1) is 17.9 Å². The molecule has 1 fully saturated rings. The quantitative estimate of drug-likeness (QED) is 0.743. The highest BCUT2D eigenvalue weighted by Gasteiger charge is 2.27. The highest BCUT2D eigenvalue weighted by atomic mass is 32.1. The molecular formula is C17H18N4OS. The van der Waals surface area contributed by atoms with Crippen molar-refractivity contribution in [1.29, 1.82) is 0 Å². The van der Waals surface area contributed by atoms with Crippen molar-refractivity contribution in [3.05, 3.63) is 50.1 Å². The van der Waals surface area contributed by atoms with Gasteiger partial charge in [0.1, 0.15) is 0 Å². The molecule has 0 unspecified atom stereocenters. The van der Waals surface area contributed by atoms with Crippen LogP contribution in [0.3, 0.4) is 0 Å². The summed E-state index contributed by atoms with van der Waals surface area (Å²) in [6, 6.07) is 3.85. The predicted octanol–water partition coefficient (Wildman–Crippen LogP) is 2.68. The number of aromatic nitrogens is 4. The number of rotatable bonds is 3. The first-order chi connectivity index (χ1) is 11.2. The molecule has 0 radical (unpaired) electrons.